The predicted octanol–water partition coefficient (Wildman–Crippen LogP) is 7.66. The molecule has 0 radical (unpaired) electrons. The molecule has 0 spiro atoms. The lowest BCUT2D eigenvalue weighted by Gasteiger charge is -2.05. The van der Waals surface area contributed by atoms with E-state index in [1.54, 1.807) is 0 Å². The van der Waals surface area contributed by atoms with Gasteiger partial charge in [-0.3, -0.25) is 0 Å². The zero-order valence-corrected chi connectivity index (χ0v) is 16.2. The third-order valence-electron chi connectivity index (χ3n) is 4.50. The molecule has 0 atom stereocenters. The van der Waals surface area contributed by atoms with Crippen LogP contribution >= 0.6 is 0 Å². The van der Waals surface area contributed by atoms with Crippen molar-refractivity contribution in [3.8, 4) is 0 Å². The van der Waals surface area contributed by atoms with E-state index >= 15 is 0 Å². The topological polar surface area (TPSA) is 20.2 Å². The van der Waals surface area contributed by atoms with Gasteiger partial charge in [-0.2, -0.15) is 0 Å². The fourth-order valence-corrected chi connectivity index (χ4v) is 3.18. The summed E-state index contributed by atoms with van der Waals surface area (Å²) in [6.07, 6.45) is 27.0. The van der Waals surface area contributed by atoms with Crippen molar-refractivity contribution in [3.05, 3.63) is 0 Å². The third kappa shape index (κ3) is 22.2. The first kappa shape index (κ1) is 24.2. The van der Waals surface area contributed by atoms with Crippen molar-refractivity contribution < 1.29 is 5.11 Å². The highest BCUT2D eigenvalue weighted by molar-refractivity contribution is 4.52. The molecular weight excluding hydrogens is 268 g/mol. The molecule has 0 amide bonds. The summed E-state index contributed by atoms with van der Waals surface area (Å²) >= 11 is 0. The van der Waals surface area contributed by atoms with Crippen molar-refractivity contribution in [2.75, 3.05) is 7.11 Å². The van der Waals surface area contributed by atoms with Crippen LogP contribution in [0.3, 0.4) is 0 Å². The molecule has 3 rings (SSSR count). The van der Waals surface area contributed by atoms with Gasteiger partial charge in [0, 0.05) is 7.11 Å². The van der Waals surface area contributed by atoms with Crippen molar-refractivity contribution in [1.82, 2.24) is 0 Å². The Labute approximate surface area is 142 Å². The molecule has 1 nitrogen and oxygen atoms in total. The maximum Gasteiger partial charge on any atom is 0.0319 e. The van der Waals surface area contributed by atoms with Crippen LogP contribution in [-0.4, -0.2) is 12.2 Å². The minimum Gasteiger partial charge on any atom is -0.400 e. The molecule has 3 fully saturated rings. The summed E-state index contributed by atoms with van der Waals surface area (Å²) in [6.45, 7) is 4.00. The molecule has 0 saturated heterocycles. The predicted molar refractivity (Wildman–Crippen MR) is 103 cm³/mol. The molecule has 0 unspecified atom stereocenters. The van der Waals surface area contributed by atoms with Crippen molar-refractivity contribution in [3.63, 3.8) is 0 Å². The Morgan fingerprint density at radius 2 is 0.318 bits per heavy atom. The second kappa shape index (κ2) is 25.9. The third-order valence-corrected chi connectivity index (χ3v) is 4.50. The van der Waals surface area contributed by atoms with E-state index in [0.29, 0.717) is 0 Å². The minimum atomic E-state index is 1.00. The van der Waals surface area contributed by atoms with Crippen LogP contribution in [0.1, 0.15) is 129 Å². The molecule has 0 aromatic carbocycles. The van der Waals surface area contributed by atoms with Crippen molar-refractivity contribution in [2.45, 2.75) is 129 Å². The molecule has 1 heteroatoms. The van der Waals surface area contributed by atoms with E-state index in [2.05, 4.69) is 0 Å². The Morgan fingerprint density at radius 3 is 0.364 bits per heavy atom. The zero-order valence-electron chi connectivity index (χ0n) is 16.2. The number of aliphatic hydroxyl groups is 1. The monoisotopic (exact) mass is 314 g/mol. The van der Waals surface area contributed by atoms with Crippen LogP contribution in [0.5, 0.6) is 0 Å². The second-order valence-corrected chi connectivity index (χ2v) is 6.36. The van der Waals surface area contributed by atoms with Crippen LogP contribution in [0.4, 0.5) is 0 Å². The average Bonchev–Trinajstić information content (AvgIpc) is 2.70. The fraction of sp³-hybridized carbons (Fsp3) is 1.00. The highest BCUT2D eigenvalue weighted by Crippen LogP contribution is 2.16. The molecule has 3 aliphatic rings. The van der Waals surface area contributed by atoms with E-state index in [1.165, 1.54) is 116 Å². The number of rotatable bonds is 0. The largest absolute Gasteiger partial charge is 0.400 e. The summed E-state index contributed by atoms with van der Waals surface area (Å²) in [5, 5.41) is 7.00. The first-order valence-corrected chi connectivity index (χ1v) is 10.4. The summed E-state index contributed by atoms with van der Waals surface area (Å²) < 4.78 is 0. The van der Waals surface area contributed by atoms with Gasteiger partial charge in [0.05, 0.1) is 0 Å². The summed E-state index contributed by atoms with van der Waals surface area (Å²) in [4.78, 5) is 0. The SMILES string of the molecule is C1CCCCC1.C1CCCCC1.C1CCCCC1.CC.CO. The zero-order chi connectivity index (χ0) is 16.7. The normalized spacial score (nSPS) is 20.2. The maximum atomic E-state index is 7.00. The molecular formula is C21H46O. The molecule has 0 aromatic rings. The Kier molecular flexibility index (Phi) is 28.5. The molecule has 0 aromatic heterocycles. The summed E-state index contributed by atoms with van der Waals surface area (Å²) in [7, 11) is 1.00. The Morgan fingerprint density at radius 1 is 0.273 bits per heavy atom. The van der Waals surface area contributed by atoms with Crippen LogP contribution in [0.2, 0.25) is 0 Å². The van der Waals surface area contributed by atoms with Crippen molar-refractivity contribution in [2.24, 2.45) is 0 Å². The van der Waals surface area contributed by atoms with E-state index in [-0.39, 0.29) is 0 Å². The molecule has 0 aliphatic heterocycles. The van der Waals surface area contributed by atoms with Gasteiger partial charge in [-0.25, -0.2) is 0 Å². The molecule has 0 bridgehead atoms. The van der Waals surface area contributed by atoms with E-state index in [9.17, 15) is 0 Å². The van der Waals surface area contributed by atoms with Gasteiger partial charge in [-0.1, -0.05) is 129 Å². The van der Waals surface area contributed by atoms with E-state index in [0.717, 1.165) is 7.11 Å². The van der Waals surface area contributed by atoms with Crippen LogP contribution < -0.4 is 0 Å². The van der Waals surface area contributed by atoms with E-state index in [4.69, 9.17) is 5.11 Å². The Balaban J connectivity index is 0. The lowest BCUT2D eigenvalue weighted by atomic mass is 10.0. The molecule has 22 heavy (non-hydrogen) atoms. The van der Waals surface area contributed by atoms with Gasteiger partial charge >= 0.3 is 0 Å². The van der Waals surface area contributed by atoms with Gasteiger partial charge < -0.3 is 5.11 Å². The van der Waals surface area contributed by atoms with Crippen molar-refractivity contribution in [1.29, 1.82) is 0 Å². The van der Waals surface area contributed by atoms with Gasteiger partial charge in [0.25, 0.3) is 0 Å². The minimum absolute atomic E-state index is 1.00. The summed E-state index contributed by atoms with van der Waals surface area (Å²) in [5.41, 5.74) is 0. The summed E-state index contributed by atoms with van der Waals surface area (Å²) in [5.74, 6) is 0. The van der Waals surface area contributed by atoms with Crippen molar-refractivity contribution >= 4 is 0 Å². The smallest absolute Gasteiger partial charge is 0.0319 e. The highest BCUT2D eigenvalue weighted by Gasteiger charge is 1.96. The van der Waals surface area contributed by atoms with Gasteiger partial charge in [-0.15, -0.1) is 0 Å². The Hall–Kier alpha value is -0.0400. The first-order valence-electron chi connectivity index (χ1n) is 10.4. The lowest BCUT2D eigenvalue weighted by molar-refractivity contribution is 0.399. The quantitative estimate of drug-likeness (QED) is 0.486. The van der Waals surface area contributed by atoms with Gasteiger partial charge in [-0.05, 0) is 0 Å². The fourth-order valence-electron chi connectivity index (χ4n) is 3.18. The Bertz CT molecular complexity index is 80.9. The lowest BCUT2D eigenvalue weighted by Crippen LogP contribution is -1.85. The van der Waals surface area contributed by atoms with Crippen LogP contribution in [0.15, 0.2) is 0 Å². The standard InChI is InChI=1S/3C6H12.C2H6.CH4O/c3*1-2-4-6-5-3-1;2*1-2/h3*1-6H2;1-2H3;2H,1H3. The second-order valence-electron chi connectivity index (χ2n) is 6.36. The van der Waals surface area contributed by atoms with Crippen LogP contribution in [-0.2, 0) is 0 Å². The number of hydrogen-bond donors (Lipinski definition) is 1. The average molecular weight is 315 g/mol. The molecule has 3 aliphatic carbocycles. The van der Waals surface area contributed by atoms with Gasteiger partial charge in [0.15, 0.2) is 0 Å². The molecule has 3 saturated carbocycles. The van der Waals surface area contributed by atoms with Crippen LogP contribution in [0, 0.1) is 0 Å². The molecule has 1 N–H and O–H groups in total. The first-order chi connectivity index (χ1) is 11.0. The maximum absolute atomic E-state index is 7.00. The number of hydrogen-bond acceptors (Lipinski definition) is 1. The van der Waals surface area contributed by atoms with Gasteiger partial charge in [0.1, 0.15) is 0 Å². The van der Waals surface area contributed by atoms with Gasteiger partial charge in [0.2, 0.25) is 0 Å². The van der Waals surface area contributed by atoms with E-state index in [1.807, 2.05) is 13.8 Å². The van der Waals surface area contributed by atoms with Crippen LogP contribution in [0.25, 0.3) is 0 Å². The summed E-state index contributed by atoms with van der Waals surface area (Å²) in [6, 6.07) is 0. The number of aliphatic hydroxyl groups excluding tert-OH is 1. The molecule has 136 valence electrons. The molecule has 0 heterocycles. The van der Waals surface area contributed by atoms with E-state index < -0.39 is 0 Å². The highest BCUT2D eigenvalue weighted by atomic mass is 16.2.